The smallest absolute Gasteiger partial charge is 0.0946 e. The summed E-state index contributed by atoms with van der Waals surface area (Å²) in [6.45, 7) is 7.55. The fourth-order valence-corrected chi connectivity index (χ4v) is 3.32. The van der Waals surface area contributed by atoms with Crippen LogP contribution in [0.5, 0.6) is 0 Å². The van der Waals surface area contributed by atoms with Gasteiger partial charge in [0.1, 0.15) is 0 Å². The van der Waals surface area contributed by atoms with E-state index in [1.165, 1.54) is 34.8 Å². The van der Waals surface area contributed by atoms with Crippen molar-refractivity contribution < 1.29 is 0 Å². The molecule has 1 unspecified atom stereocenters. The van der Waals surface area contributed by atoms with Crippen molar-refractivity contribution in [2.45, 2.75) is 52.5 Å². The summed E-state index contributed by atoms with van der Waals surface area (Å²) in [6, 6.07) is 0.656. The Kier molecular flexibility index (Phi) is 3.98. The van der Waals surface area contributed by atoms with E-state index in [1.54, 1.807) is 0 Å². The highest BCUT2D eigenvalue weighted by Gasteiger charge is 2.27. The molecule has 0 spiro atoms. The first-order chi connectivity index (χ1) is 7.70. The van der Waals surface area contributed by atoms with Crippen molar-refractivity contribution in [3.63, 3.8) is 0 Å². The van der Waals surface area contributed by atoms with Crippen molar-refractivity contribution in [2.75, 3.05) is 6.54 Å². The predicted octanol–water partition coefficient (Wildman–Crippen LogP) is 3.08. The number of thiazole rings is 1. The van der Waals surface area contributed by atoms with Gasteiger partial charge in [-0.1, -0.05) is 13.3 Å². The zero-order chi connectivity index (χ0) is 11.5. The van der Waals surface area contributed by atoms with Crippen molar-refractivity contribution in [3.8, 4) is 0 Å². The minimum absolute atomic E-state index is 0.656. The molecule has 0 saturated heterocycles. The number of rotatable bonds is 5. The Morgan fingerprint density at radius 2 is 2.19 bits per heavy atom. The second-order valence-electron chi connectivity index (χ2n) is 4.81. The third-order valence-electron chi connectivity index (χ3n) is 3.65. The van der Waals surface area contributed by atoms with Gasteiger partial charge in [0.2, 0.25) is 0 Å². The molecule has 0 aromatic carbocycles. The highest BCUT2D eigenvalue weighted by atomic mass is 32.1. The van der Waals surface area contributed by atoms with Gasteiger partial charge in [-0.25, -0.2) is 4.98 Å². The fourth-order valence-electron chi connectivity index (χ4n) is 2.32. The van der Waals surface area contributed by atoms with E-state index in [9.17, 15) is 0 Å². The van der Waals surface area contributed by atoms with Crippen molar-refractivity contribution in [1.82, 2.24) is 10.3 Å². The molecule has 1 heterocycles. The topological polar surface area (TPSA) is 24.9 Å². The molecule has 1 saturated carbocycles. The van der Waals surface area contributed by atoms with E-state index in [-0.39, 0.29) is 0 Å². The molecule has 3 heteroatoms. The maximum absolute atomic E-state index is 4.65. The highest BCUT2D eigenvalue weighted by Crippen LogP contribution is 2.31. The van der Waals surface area contributed by atoms with Crippen LogP contribution in [0, 0.1) is 19.8 Å². The first kappa shape index (κ1) is 12.1. The predicted molar refractivity (Wildman–Crippen MR) is 70.1 cm³/mol. The Bertz CT molecular complexity index is 322. The van der Waals surface area contributed by atoms with E-state index in [2.05, 4.69) is 31.1 Å². The van der Waals surface area contributed by atoms with Gasteiger partial charge < -0.3 is 5.32 Å². The third-order valence-corrected chi connectivity index (χ3v) is 4.75. The maximum Gasteiger partial charge on any atom is 0.0946 e. The standard InChI is InChI=1S/C13H22N2S/c1-4-14-12(11-6-5-7-11)8-13-15-9(2)10(3)16-13/h11-12,14H,4-8H2,1-3H3. The first-order valence-electron chi connectivity index (χ1n) is 6.37. The quantitative estimate of drug-likeness (QED) is 0.852. The summed E-state index contributed by atoms with van der Waals surface area (Å²) in [6.07, 6.45) is 5.35. The van der Waals surface area contributed by atoms with Crippen molar-refractivity contribution >= 4 is 11.3 Å². The summed E-state index contributed by atoms with van der Waals surface area (Å²) in [5.74, 6) is 0.893. The van der Waals surface area contributed by atoms with Gasteiger partial charge in [-0.15, -0.1) is 11.3 Å². The van der Waals surface area contributed by atoms with Crippen LogP contribution >= 0.6 is 11.3 Å². The SMILES string of the molecule is CCNC(Cc1nc(C)c(C)s1)C1CCC1. The lowest BCUT2D eigenvalue weighted by Gasteiger charge is -2.33. The lowest BCUT2D eigenvalue weighted by molar-refractivity contribution is 0.229. The summed E-state index contributed by atoms with van der Waals surface area (Å²) in [7, 11) is 0. The van der Waals surface area contributed by atoms with Crippen LogP contribution in [0.15, 0.2) is 0 Å². The monoisotopic (exact) mass is 238 g/mol. The minimum Gasteiger partial charge on any atom is -0.314 e. The van der Waals surface area contributed by atoms with E-state index >= 15 is 0 Å². The van der Waals surface area contributed by atoms with Gasteiger partial charge in [0.05, 0.1) is 10.7 Å². The summed E-state index contributed by atoms with van der Waals surface area (Å²) >= 11 is 1.87. The van der Waals surface area contributed by atoms with Crippen molar-refractivity contribution in [1.29, 1.82) is 0 Å². The summed E-state index contributed by atoms with van der Waals surface area (Å²) < 4.78 is 0. The molecule has 0 bridgehead atoms. The molecule has 0 amide bonds. The van der Waals surface area contributed by atoms with Crippen LogP contribution in [0.2, 0.25) is 0 Å². The molecular formula is C13H22N2S. The number of nitrogens with one attached hydrogen (secondary N) is 1. The van der Waals surface area contributed by atoms with E-state index in [4.69, 9.17) is 0 Å². The zero-order valence-corrected chi connectivity index (χ0v) is 11.4. The first-order valence-corrected chi connectivity index (χ1v) is 7.18. The average molecular weight is 238 g/mol. The second-order valence-corrected chi connectivity index (χ2v) is 6.10. The number of hydrogen-bond acceptors (Lipinski definition) is 3. The number of hydrogen-bond donors (Lipinski definition) is 1. The fraction of sp³-hybridized carbons (Fsp3) is 0.769. The molecule has 0 radical (unpaired) electrons. The molecule has 16 heavy (non-hydrogen) atoms. The van der Waals surface area contributed by atoms with Gasteiger partial charge in [-0.3, -0.25) is 0 Å². The van der Waals surface area contributed by atoms with Gasteiger partial charge in [-0.2, -0.15) is 0 Å². The lowest BCUT2D eigenvalue weighted by atomic mass is 9.78. The molecule has 1 aliphatic carbocycles. The van der Waals surface area contributed by atoms with Crippen LogP contribution in [-0.2, 0) is 6.42 Å². The van der Waals surface area contributed by atoms with Crippen LogP contribution in [0.1, 0.15) is 41.8 Å². The summed E-state index contributed by atoms with van der Waals surface area (Å²) in [5.41, 5.74) is 1.21. The Labute approximate surface area is 102 Å². The number of aryl methyl sites for hydroxylation is 2. The molecule has 1 fully saturated rings. The molecular weight excluding hydrogens is 216 g/mol. The highest BCUT2D eigenvalue weighted by molar-refractivity contribution is 7.11. The lowest BCUT2D eigenvalue weighted by Crippen LogP contribution is -2.41. The molecule has 90 valence electrons. The molecule has 1 atom stereocenters. The van der Waals surface area contributed by atoms with E-state index in [1.807, 2.05) is 11.3 Å². The van der Waals surface area contributed by atoms with E-state index in [0.29, 0.717) is 6.04 Å². The number of nitrogens with zero attached hydrogens (tertiary/aromatic N) is 1. The second kappa shape index (κ2) is 5.28. The van der Waals surface area contributed by atoms with Crippen LogP contribution in [0.3, 0.4) is 0 Å². The molecule has 1 aliphatic rings. The number of likely N-dealkylation sites (N-methyl/N-ethyl adjacent to an activating group) is 1. The van der Waals surface area contributed by atoms with E-state index < -0.39 is 0 Å². The third kappa shape index (κ3) is 2.64. The van der Waals surface area contributed by atoms with Crippen LogP contribution in [0.25, 0.3) is 0 Å². The van der Waals surface area contributed by atoms with Gasteiger partial charge in [0.25, 0.3) is 0 Å². The Morgan fingerprint density at radius 1 is 1.44 bits per heavy atom. The Balaban J connectivity index is 1.98. The number of aromatic nitrogens is 1. The van der Waals surface area contributed by atoms with Crippen LogP contribution < -0.4 is 5.32 Å². The molecule has 1 aromatic heterocycles. The van der Waals surface area contributed by atoms with Gasteiger partial charge in [0.15, 0.2) is 0 Å². The Hall–Kier alpha value is -0.410. The zero-order valence-electron chi connectivity index (χ0n) is 10.5. The van der Waals surface area contributed by atoms with Crippen LogP contribution in [0.4, 0.5) is 0 Å². The largest absolute Gasteiger partial charge is 0.314 e. The maximum atomic E-state index is 4.65. The van der Waals surface area contributed by atoms with Crippen molar-refractivity contribution in [2.24, 2.45) is 5.92 Å². The Morgan fingerprint density at radius 3 is 2.62 bits per heavy atom. The molecule has 2 rings (SSSR count). The molecule has 1 N–H and O–H groups in total. The average Bonchev–Trinajstić information content (AvgIpc) is 2.43. The minimum atomic E-state index is 0.656. The summed E-state index contributed by atoms with van der Waals surface area (Å²) in [4.78, 5) is 6.03. The van der Waals surface area contributed by atoms with Crippen molar-refractivity contribution in [3.05, 3.63) is 15.6 Å². The van der Waals surface area contributed by atoms with Crippen LogP contribution in [-0.4, -0.2) is 17.6 Å². The summed E-state index contributed by atoms with van der Waals surface area (Å²) in [5, 5.41) is 4.94. The molecule has 1 aromatic rings. The van der Waals surface area contributed by atoms with Gasteiger partial charge in [0, 0.05) is 17.3 Å². The molecule has 0 aliphatic heterocycles. The van der Waals surface area contributed by atoms with Gasteiger partial charge >= 0.3 is 0 Å². The van der Waals surface area contributed by atoms with Gasteiger partial charge in [-0.05, 0) is 39.2 Å². The molecule has 2 nitrogen and oxygen atoms in total. The normalized spacial score (nSPS) is 18.4. The van der Waals surface area contributed by atoms with E-state index in [0.717, 1.165) is 18.9 Å².